The number of benzene rings is 1. The molecule has 1 aromatic carbocycles. The number of rotatable bonds is 2. The molecule has 0 aliphatic carbocycles. The van der Waals surface area contributed by atoms with Crippen LogP contribution in [-0.2, 0) is 6.42 Å². The van der Waals surface area contributed by atoms with E-state index in [0.29, 0.717) is 16.5 Å². The van der Waals surface area contributed by atoms with Crippen LogP contribution in [0.1, 0.15) is 11.4 Å². The first kappa shape index (κ1) is 11.6. The summed E-state index contributed by atoms with van der Waals surface area (Å²) in [5, 5.41) is 1.30. The molecule has 2 rings (SSSR count). The van der Waals surface area contributed by atoms with Gasteiger partial charge in [0.1, 0.15) is 5.82 Å². The van der Waals surface area contributed by atoms with Crippen LogP contribution >= 0.6 is 57.3 Å². The average Bonchev–Trinajstić information content (AvgIpc) is 2.56. The van der Waals surface area contributed by atoms with Gasteiger partial charge in [0.25, 0.3) is 0 Å². The third-order valence-corrected chi connectivity index (χ3v) is 3.77. The number of hydrogen-bond donors (Lipinski definition) is 0. The first-order chi connectivity index (χ1) is 7.15. The van der Waals surface area contributed by atoms with Crippen molar-refractivity contribution in [2.45, 2.75) is 6.42 Å². The van der Waals surface area contributed by atoms with Gasteiger partial charge in [-0.3, -0.25) is 0 Å². The van der Waals surface area contributed by atoms with Crippen LogP contribution in [0, 0.1) is 3.01 Å². The highest BCUT2D eigenvalue weighted by Gasteiger charge is 2.06. The molecule has 1 heterocycles. The van der Waals surface area contributed by atoms with Crippen molar-refractivity contribution in [1.29, 1.82) is 0 Å². The van der Waals surface area contributed by atoms with Crippen molar-refractivity contribution in [2.75, 3.05) is 0 Å². The summed E-state index contributed by atoms with van der Waals surface area (Å²) >= 11 is 15.4. The van der Waals surface area contributed by atoms with E-state index in [-0.39, 0.29) is 0 Å². The molecule has 2 aromatic rings. The zero-order chi connectivity index (χ0) is 10.8. The fourth-order valence-electron chi connectivity index (χ4n) is 1.14. The molecule has 6 heteroatoms. The molecular formula is C9H5Cl2IN2S. The van der Waals surface area contributed by atoms with Gasteiger partial charge in [-0.1, -0.05) is 29.3 Å². The van der Waals surface area contributed by atoms with Crippen LogP contribution in [-0.4, -0.2) is 9.36 Å². The number of aromatic nitrogens is 2. The van der Waals surface area contributed by atoms with Crippen molar-refractivity contribution in [3.05, 3.63) is 42.6 Å². The first-order valence-electron chi connectivity index (χ1n) is 4.07. The van der Waals surface area contributed by atoms with Crippen LogP contribution < -0.4 is 0 Å². The topological polar surface area (TPSA) is 25.8 Å². The maximum Gasteiger partial charge on any atom is 0.173 e. The molecule has 0 unspecified atom stereocenters. The summed E-state index contributed by atoms with van der Waals surface area (Å²) in [6.07, 6.45) is 0.648. The Bertz CT molecular complexity index is 487. The largest absolute Gasteiger partial charge is 0.213 e. The molecule has 0 saturated heterocycles. The second kappa shape index (κ2) is 4.95. The summed E-state index contributed by atoms with van der Waals surface area (Å²) in [4.78, 5) is 4.27. The predicted octanol–water partition coefficient (Wildman–Crippen LogP) is 4.04. The Morgan fingerprint density at radius 3 is 2.73 bits per heavy atom. The van der Waals surface area contributed by atoms with Crippen molar-refractivity contribution in [1.82, 2.24) is 9.36 Å². The molecule has 0 spiro atoms. The van der Waals surface area contributed by atoms with Gasteiger partial charge in [0, 0.05) is 16.5 Å². The van der Waals surface area contributed by atoms with E-state index in [1.165, 1.54) is 11.5 Å². The Balaban J connectivity index is 2.24. The number of hydrogen-bond acceptors (Lipinski definition) is 3. The molecule has 0 aliphatic heterocycles. The molecule has 0 radical (unpaired) electrons. The van der Waals surface area contributed by atoms with Crippen molar-refractivity contribution >= 4 is 57.3 Å². The lowest BCUT2D eigenvalue weighted by Gasteiger charge is -2.01. The van der Waals surface area contributed by atoms with E-state index in [4.69, 9.17) is 23.2 Å². The van der Waals surface area contributed by atoms with Crippen LogP contribution in [0.25, 0.3) is 0 Å². The van der Waals surface area contributed by atoms with E-state index >= 15 is 0 Å². The molecule has 0 amide bonds. The van der Waals surface area contributed by atoms with E-state index < -0.39 is 0 Å². The van der Waals surface area contributed by atoms with Gasteiger partial charge in [-0.2, -0.15) is 4.37 Å². The van der Waals surface area contributed by atoms with Gasteiger partial charge >= 0.3 is 0 Å². The standard InChI is InChI=1S/C9H5Cl2IN2S/c10-6-2-1-5(7(11)4-6)3-8-13-9(12)15-14-8/h1-2,4H,3H2. The second-order valence-corrected chi connectivity index (χ2v) is 6.23. The van der Waals surface area contributed by atoms with E-state index in [9.17, 15) is 0 Å². The predicted molar refractivity (Wildman–Crippen MR) is 71.9 cm³/mol. The van der Waals surface area contributed by atoms with Crippen molar-refractivity contribution in [2.24, 2.45) is 0 Å². The van der Waals surface area contributed by atoms with Crippen LogP contribution in [0.4, 0.5) is 0 Å². The molecule has 2 nitrogen and oxygen atoms in total. The minimum absolute atomic E-state index is 0.643. The van der Waals surface area contributed by atoms with E-state index in [1.54, 1.807) is 6.07 Å². The average molecular weight is 371 g/mol. The molecule has 0 saturated carbocycles. The fraction of sp³-hybridized carbons (Fsp3) is 0.111. The molecule has 78 valence electrons. The normalized spacial score (nSPS) is 10.6. The fourth-order valence-corrected chi connectivity index (χ4v) is 2.62. The molecule has 0 bridgehead atoms. The van der Waals surface area contributed by atoms with Gasteiger partial charge in [-0.15, -0.1) is 0 Å². The van der Waals surface area contributed by atoms with Gasteiger partial charge in [0.15, 0.2) is 3.01 Å². The van der Waals surface area contributed by atoms with Gasteiger partial charge in [0.2, 0.25) is 0 Å². The zero-order valence-corrected chi connectivity index (χ0v) is 11.9. The lowest BCUT2D eigenvalue weighted by atomic mass is 10.1. The first-order valence-corrected chi connectivity index (χ1v) is 6.68. The second-order valence-electron chi connectivity index (χ2n) is 2.88. The summed E-state index contributed by atoms with van der Waals surface area (Å²) in [6, 6.07) is 5.45. The van der Waals surface area contributed by atoms with Crippen LogP contribution in [0.15, 0.2) is 18.2 Å². The van der Waals surface area contributed by atoms with Crippen LogP contribution in [0.2, 0.25) is 10.0 Å². The van der Waals surface area contributed by atoms with Gasteiger partial charge < -0.3 is 0 Å². The Hall–Kier alpha value is 0.0900. The van der Waals surface area contributed by atoms with Gasteiger partial charge in [-0.05, 0) is 51.8 Å². The molecule has 0 aliphatic rings. The van der Waals surface area contributed by atoms with Crippen LogP contribution in [0.3, 0.4) is 0 Å². The molecule has 1 aromatic heterocycles. The smallest absolute Gasteiger partial charge is 0.173 e. The zero-order valence-electron chi connectivity index (χ0n) is 7.38. The molecule has 0 fully saturated rings. The quantitative estimate of drug-likeness (QED) is 0.745. The summed E-state index contributed by atoms with van der Waals surface area (Å²) in [5.41, 5.74) is 0.996. The number of nitrogens with zero attached hydrogens (tertiary/aromatic N) is 2. The highest BCUT2D eigenvalue weighted by Crippen LogP contribution is 2.23. The number of halogens is 3. The highest BCUT2D eigenvalue weighted by molar-refractivity contribution is 14.1. The summed E-state index contributed by atoms with van der Waals surface area (Å²) in [7, 11) is 0. The lowest BCUT2D eigenvalue weighted by molar-refractivity contribution is 1.03. The Morgan fingerprint density at radius 2 is 2.13 bits per heavy atom. The van der Waals surface area contributed by atoms with Crippen molar-refractivity contribution in [3.8, 4) is 0 Å². The van der Waals surface area contributed by atoms with Crippen molar-refractivity contribution < 1.29 is 0 Å². The molecule has 0 N–H and O–H groups in total. The summed E-state index contributed by atoms with van der Waals surface area (Å²) in [5.74, 6) is 0.800. The molecular weight excluding hydrogens is 366 g/mol. The third-order valence-electron chi connectivity index (χ3n) is 1.81. The summed E-state index contributed by atoms with van der Waals surface area (Å²) < 4.78 is 5.14. The lowest BCUT2D eigenvalue weighted by Crippen LogP contribution is -1.91. The maximum atomic E-state index is 6.05. The van der Waals surface area contributed by atoms with E-state index in [1.807, 2.05) is 12.1 Å². The molecule has 0 atom stereocenters. The Kier molecular flexibility index (Phi) is 3.82. The van der Waals surface area contributed by atoms with Crippen LogP contribution in [0.5, 0.6) is 0 Å². The van der Waals surface area contributed by atoms with E-state index in [2.05, 4.69) is 31.9 Å². The minimum Gasteiger partial charge on any atom is -0.213 e. The van der Waals surface area contributed by atoms with Crippen molar-refractivity contribution in [3.63, 3.8) is 0 Å². The SMILES string of the molecule is Clc1ccc(Cc2nsc(I)n2)c(Cl)c1. The summed E-state index contributed by atoms with van der Waals surface area (Å²) in [6.45, 7) is 0. The Morgan fingerprint density at radius 1 is 1.33 bits per heavy atom. The van der Waals surface area contributed by atoms with E-state index in [0.717, 1.165) is 14.4 Å². The monoisotopic (exact) mass is 370 g/mol. The molecule has 15 heavy (non-hydrogen) atoms. The third kappa shape index (κ3) is 3.03. The Labute approximate surface area is 115 Å². The van der Waals surface area contributed by atoms with Gasteiger partial charge in [-0.25, -0.2) is 4.98 Å². The maximum absolute atomic E-state index is 6.05. The van der Waals surface area contributed by atoms with Gasteiger partial charge in [0.05, 0.1) is 0 Å². The minimum atomic E-state index is 0.643. The highest BCUT2D eigenvalue weighted by atomic mass is 127.